The number of fused-ring (bicyclic) bond motifs is 2. The lowest BCUT2D eigenvalue weighted by atomic mass is 9.96. The van der Waals surface area contributed by atoms with Crippen molar-refractivity contribution < 1.29 is 9.50 Å². The van der Waals surface area contributed by atoms with Crippen LogP contribution >= 0.6 is 24.0 Å². The number of hydrogen-bond donors (Lipinski definition) is 1. The summed E-state index contributed by atoms with van der Waals surface area (Å²) in [5.41, 5.74) is 1.03. The normalized spacial score (nSPS) is 14.1. The molecule has 0 amide bonds. The van der Waals surface area contributed by atoms with Gasteiger partial charge in [0, 0.05) is 24.0 Å². The molecule has 3 aromatic carbocycles. The summed E-state index contributed by atoms with van der Waals surface area (Å²) >= 11 is 6.61. The summed E-state index contributed by atoms with van der Waals surface area (Å²) in [6.45, 7) is 1.79. The second-order valence-corrected chi connectivity index (χ2v) is 7.81. The van der Waals surface area contributed by atoms with E-state index in [1.54, 1.807) is 18.2 Å². The van der Waals surface area contributed by atoms with E-state index in [2.05, 4.69) is 14.9 Å². The van der Waals surface area contributed by atoms with Gasteiger partial charge in [-0.05, 0) is 53.8 Å². The molecule has 30 heavy (non-hydrogen) atoms. The predicted molar refractivity (Wildman–Crippen MR) is 122 cm³/mol. The second kappa shape index (κ2) is 8.25. The number of piperidine rings is 1. The Morgan fingerprint density at radius 3 is 2.53 bits per heavy atom. The van der Waals surface area contributed by atoms with Gasteiger partial charge in [0.2, 0.25) is 0 Å². The van der Waals surface area contributed by atoms with Crippen molar-refractivity contribution in [3.8, 4) is 16.9 Å². The van der Waals surface area contributed by atoms with Crippen LogP contribution < -0.4 is 4.90 Å². The monoisotopic (exact) mass is 443 g/mol. The van der Waals surface area contributed by atoms with Crippen LogP contribution in [0.2, 0.25) is 5.02 Å². The average Bonchev–Trinajstić information content (AvgIpc) is 2.74. The molecule has 1 saturated heterocycles. The molecule has 4 aromatic rings. The highest BCUT2D eigenvalue weighted by atomic mass is 35.5. The number of benzene rings is 3. The van der Waals surface area contributed by atoms with Crippen LogP contribution in [0.5, 0.6) is 5.75 Å². The van der Waals surface area contributed by atoms with Crippen LogP contribution in [0.1, 0.15) is 19.3 Å². The van der Waals surface area contributed by atoms with Crippen molar-refractivity contribution in [3.63, 3.8) is 0 Å². The summed E-state index contributed by atoms with van der Waals surface area (Å²) in [4.78, 5) is 10.8. The highest BCUT2D eigenvalue weighted by Crippen LogP contribution is 2.41. The van der Waals surface area contributed by atoms with Gasteiger partial charge < -0.3 is 10.0 Å². The van der Waals surface area contributed by atoms with Crippen molar-refractivity contribution >= 4 is 51.5 Å². The van der Waals surface area contributed by atoms with E-state index in [0.717, 1.165) is 42.5 Å². The fraction of sp³-hybridized carbons (Fsp3) is 0.217. The van der Waals surface area contributed by atoms with Gasteiger partial charge in [0.05, 0.1) is 5.02 Å². The van der Waals surface area contributed by atoms with Gasteiger partial charge in [-0.15, -0.1) is 12.4 Å². The first-order valence-corrected chi connectivity index (χ1v) is 10.1. The lowest BCUT2D eigenvalue weighted by Gasteiger charge is -2.28. The highest BCUT2D eigenvalue weighted by Gasteiger charge is 2.22. The molecule has 0 saturated carbocycles. The molecule has 4 nitrogen and oxygen atoms in total. The first kappa shape index (κ1) is 20.6. The molecule has 2 heterocycles. The SMILES string of the molecule is Cl.Oc1cc(-c2c(Cl)cc3c(N4CCCCC4)ncnc3c2F)c2ccccc2c1. The largest absolute Gasteiger partial charge is 0.508 e. The lowest BCUT2D eigenvalue weighted by Crippen LogP contribution is -2.30. The van der Waals surface area contributed by atoms with Crippen LogP contribution in [0, 0.1) is 5.82 Å². The van der Waals surface area contributed by atoms with Gasteiger partial charge in [-0.2, -0.15) is 0 Å². The third-order valence-corrected chi connectivity index (χ3v) is 5.87. The van der Waals surface area contributed by atoms with Gasteiger partial charge >= 0.3 is 0 Å². The van der Waals surface area contributed by atoms with E-state index in [0.29, 0.717) is 10.9 Å². The Labute approximate surface area is 184 Å². The van der Waals surface area contributed by atoms with Crippen LogP contribution in [-0.4, -0.2) is 28.2 Å². The molecular weight excluding hydrogens is 424 g/mol. The number of hydrogen-bond acceptors (Lipinski definition) is 4. The fourth-order valence-corrected chi connectivity index (χ4v) is 4.52. The van der Waals surface area contributed by atoms with Gasteiger partial charge in [0.1, 0.15) is 23.4 Å². The van der Waals surface area contributed by atoms with E-state index in [1.807, 2.05) is 24.3 Å². The van der Waals surface area contributed by atoms with Gasteiger partial charge in [-0.25, -0.2) is 14.4 Å². The Morgan fingerprint density at radius 2 is 1.73 bits per heavy atom. The topological polar surface area (TPSA) is 49.2 Å². The lowest BCUT2D eigenvalue weighted by molar-refractivity contribution is 0.476. The maximum Gasteiger partial charge on any atom is 0.158 e. The number of rotatable bonds is 2. The molecule has 1 N–H and O–H groups in total. The quantitative estimate of drug-likeness (QED) is 0.391. The molecule has 0 unspecified atom stereocenters. The maximum atomic E-state index is 15.7. The number of nitrogens with zero attached hydrogens (tertiary/aromatic N) is 3. The molecule has 0 bridgehead atoms. The molecule has 0 radical (unpaired) electrons. The van der Waals surface area contributed by atoms with Crippen molar-refractivity contribution in [2.75, 3.05) is 18.0 Å². The number of halogens is 3. The van der Waals surface area contributed by atoms with E-state index >= 15 is 4.39 Å². The van der Waals surface area contributed by atoms with Crippen LogP contribution in [0.15, 0.2) is 48.8 Å². The first-order valence-electron chi connectivity index (χ1n) is 9.73. The van der Waals surface area contributed by atoms with Gasteiger partial charge in [0.25, 0.3) is 0 Å². The summed E-state index contributed by atoms with van der Waals surface area (Å²) in [6, 6.07) is 12.5. The first-order chi connectivity index (χ1) is 14.1. The van der Waals surface area contributed by atoms with Crippen molar-refractivity contribution in [1.82, 2.24) is 9.97 Å². The number of anilines is 1. The molecule has 0 aliphatic carbocycles. The Hall–Kier alpha value is -2.63. The number of aromatic hydroxyl groups is 1. The molecule has 1 aliphatic rings. The summed E-state index contributed by atoms with van der Waals surface area (Å²) < 4.78 is 15.7. The van der Waals surface area contributed by atoms with Crippen molar-refractivity contribution in [2.24, 2.45) is 0 Å². The third kappa shape index (κ3) is 3.42. The maximum absolute atomic E-state index is 15.7. The zero-order chi connectivity index (χ0) is 20.0. The summed E-state index contributed by atoms with van der Waals surface area (Å²) in [6.07, 6.45) is 4.79. The van der Waals surface area contributed by atoms with Crippen LogP contribution in [0.25, 0.3) is 32.8 Å². The molecule has 7 heteroatoms. The van der Waals surface area contributed by atoms with Crippen LogP contribution in [0.3, 0.4) is 0 Å². The summed E-state index contributed by atoms with van der Waals surface area (Å²) in [7, 11) is 0. The minimum absolute atomic E-state index is 0. The zero-order valence-corrected chi connectivity index (χ0v) is 17.7. The molecule has 1 aliphatic heterocycles. The minimum atomic E-state index is -0.496. The molecule has 154 valence electrons. The second-order valence-electron chi connectivity index (χ2n) is 7.40. The molecule has 0 spiro atoms. The molecule has 1 aromatic heterocycles. The third-order valence-electron chi connectivity index (χ3n) is 5.57. The Bertz CT molecular complexity index is 1240. The highest BCUT2D eigenvalue weighted by molar-refractivity contribution is 6.35. The molecular formula is C23H20Cl2FN3O. The molecule has 5 rings (SSSR count). The van der Waals surface area contributed by atoms with E-state index in [4.69, 9.17) is 11.6 Å². The van der Waals surface area contributed by atoms with E-state index < -0.39 is 5.82 Å². The smallest absolute Gasteiger partial charge is 0.158 e. The van der Waals surface area contributed by atoms with Crippen molar-refractivity contribution in [3.05, 3.63) is 59.6 Å². The van der Waals surface area contributed by atoms with Crippen LogP contribution in [-0.2, 0) is 0 Å². The van der Waals surface area contributed by atoms with Gasteiger partial charge in [-0.3, -0.25) is 0 Å². The summed E-state index contributed by atoms with van der Waals surface area (Å²) in [5.74, 6) is 0.290. The predicted octanol–water partition coefficient (Wildman–Crippen LogP) is 6.36. The van der Waals surface area contributed by atoms with Gasteiger partial charge in [-0.1, -0.05) is 35.9 Å². The number of phenolic OH excluding ortho intramolecular Hbond substituents is 1. The van der Waals surface area contributed by atoms with E-state index in [-0.39, 0.29) is 34.3 Å². The van der Waals surface area contributed by atoms with Crippen molar-refractivity contribution in [2.45, 2.75) is 19.3 Å². The zero-order valence-electron chi connectivity index (χ0n) is 16.1. The Balaban J connectivity index is 0.00000218. The fourth-order valence-electron chi connectivity index (χ4n) is 4.22. The van der Waals surface area contributed by atoms with E-state index in [1.165, 1.54) is 12.7 Å². The number of phenols is 1. The standard InChI is InChI=1S/C23H19ClFN3O.ClH/c24-19-12-18-22(26-13-27-23(18)28-8-4-1-5-9-28)21(25)20(19)17-11-15(29)10-14-6-2-3-7-16(14)17;/h2-3,6-7,10-13,29H,1,4-5,8-9H2;1H. The average molecular weight is 444 g/mol. The van der Waals surface area contributed by atoms with Gasteiger partial charge in [0.15, 0.2) is 5.82 Å². The molecule has 0 atom stereocenters. The number of aromatic nitrogens is 2. The summed E-state index contributed by atoms with van der Waals surface area (Å²) in [5, 5.41) is 12.7. The van der Waals surface area contributed by atoms with Crippen LogP contribution in [0.4, 0.5) is 10.2 Å². The molecule has 1 fully saturated rings. The van der Waals surface area contributed by atoms with E-state index in [9.17, 15) is 5.11 Å². The minimum Gasteiger partial charge on any atom is -0.508 e. The van der Waals surface area contributed by atoms with Crippen molar-refractivity contribution in [1.29, 1.82) is 0 Å². The Kier molecular flexibility index (Phi) is 5.67. The Morgan fingerprint density at radius 1 is 0.967 bits per heavy atom.